The molecular weight excluding hydrogens is 719 g/mol. The molecule has 11 rings (SSSR count). The smallest absolute Gasteiger partial charge is 0.0640 e. The van der Waals surface area contributed by atoms with Gasteiger partial charge in [-0.3, -0.25) is 0 Å². The molecule has 11 aromatic rings. The van der Waals surface area contributed by atoms with Gasteiger partial charge in [0.25, 0.3) is 0 Å². The highest BCUT2D eigenvalue weighted by atomic mass is 32.1. The van der Waals surface area contributed by atoms with Crippen LogP contribution in [0.4, 0.5) is 17.1 Å². The van der Waals surface area contributed by atoms with Crippen molar-refractivity contribution in [1.29, 1.82) is 0 Å². The second kappa shape index (κ2) is 14.4. The molecule has 2 heteroatoms. The molecule has 0 fully saturated rings. The Labute approximate surface area is 342 Å². The molecule has 0 atom stereocenters. The van der Waals surface area contributed by atoms with Gasteiger partial charge in [-0.2, -0.15) is 0 Å². The summed E-state index contributed by atoms with van der Waals surface area (Å²) in [5, 5.41) is 7.57. The highest BCUT2D eigenvalue weighted by molar-refractivity contribution is 7.27. The maximum Gasteiger partial charge on any atom is 0.0640 e. The van der Waals surface area contributed by atoms with Gasteiger partial charge >= 0.3 is 0 Å². The molecule has 0 N–H and O–H groups in total. The summed E-state index contributed by atoms with van der Waals surface area (Å²) in [5.41, 5.74) is 13.2. The quantitative estimate of drug-likeness (QED) is 0.157. The van der Waals surface area contributed by atoms with Gasteiger partial charge in [-0.05, 0) is 102 Å². The van der Waals surface area contributed by atoms with E-state index in [-0.39, 0.29) is 0 Å². The van der Waals surface area contributed by atoms with Crippen molar-refractivity contribution in [3.8, 4) is 44.5 Å². The van der Waals surface area contributed by atoms with Gasteiger partial charge in [0.1, 0.15) is 0 Å². The average Bonchev–Trinajstić information content (AvgIpc) is 3.70. The van der Waals surface area contributed by atoms with Gasteiger partial charge < -0.3 is 4.90 Å². The molecule has 0 radical (unpaired) electrons. The van der Waals surface area contributed by atoms with Crippen molar-refractivity contribution in [3.63, 3.8) is 0 Å². The highest BCUT2D eigenvalue weighted by Gasteiger charge is 2.22. The minimum atomic E-state index is 1.11. The van der Waals surface area contributed by atoms with Crippen molar-refractivity contribution in [3.05, 3.63) is 224 Å². The molecule has 0 spiro atoms. The number of rotatable bonds is 7. The summed E-state index contributed by atoms with van der Waals surface area (Å²) in [7, 11) is 0. The number of thiophene rings is 1. The standard InChI is InChI=1S/C56H37NS/c1-3-14-41(15-4-1)50-35-36-53(56-54(50)52-24-12-23-51(55(52)58-56)42-16-5-2-6-17-42)57(46-31-27-39(28-32-46)45-26-25-38-13-7-8-19-44(38)37-45)47-33-29-43(30-34-47)49-22-11-20-40-18-9-10-21-48(40)49/h1-37H. The third-order valence-corrected chi connectivity index (χ3v) is 12.7. The van der Waals surface area contributed by atoms with E-state index in [1.807, 2.05) is 11.3 Å². The van der Waals surface area contributed by atoms with Crippen LogP contribution in [0.2, 0.25) is 0 Å². The Hall–Kier alpha value is -7.26. The van der Waals surface area contributed by atoms with Gasteiger partial charge in [-0.25, -0.2) is 0 Å². The van der Waals surface area contributed by atoms with Crippen LogP contribution in [-0.2, 0) is 0 Å². The fraction of sp³-hybridized carbons (Fsp3) is 0. The minimum absolute atomic E-state index is 1.11. The maximum absolute atomic E-state index is 2.45. The average molecular weight is 756 g/mol. The molecule has 0 unspecified atom stereocenters. The van der Waals surface area contributed by atoms with Crippen molar-refractivity contribution in [2.24, 2.45) is 0 Å². The fourth-order valence-electron chi connectivity index (χ4n) is 8.63. The van der Waals surface area contributed by atoms with Crippen LogP contribution < -0.4 is 4.90 Å². The van der Waals surface area contributed by atoms with Crippen LogP contribution in [-0.4, -0.2) is 0 Å². The first-order chi connectivity index (χ1) is 28.8. The molecule has 1 aromatic heterocycles. The number of fused-ring (bicyclic) bond motifs is 5. The molecular formula is C56H37NS. The molecule has 0 aliphatic carbocycles. The Balaban J connectivity index is 1.12. The maximum atomic E-state index is 2.45. The SMILES string of the molecule is c1ccc(-c2cccc3c2sc2c(N(c4ccc(-c5ccc6ccccc6c5)cc4)c4ccc(-c5cccc6ccccc56)cc4)ccc(-c4ccccc4)c23)cc1. The van der Waals surface area contributed by atoms with Crippen molar-refractivity contribution < 1.29 is 0 Å². The molecule has 0 saturated heterocycles. The van der Waals surface area contributed by atoms with Crippen LogP contribution in [0.15, 0.2) is 224 Å². The van der Waals surface area contributed by atoms with Crippen LogP contribution in [0.3, 0.4) is 0 Å². The molecule has 10 aromatic carbocycles. The molecule has 0 aliphatic rings. The van der Waals surface area contributed by atoms with Crippen LogP contribution in [0, 0.1) is 0 Å². The van der Waals surface area contributed by atoms with E-state index in [1.54, 1.807) is 0 Å². The number of benzene rings is 10. The van der Waals surface area contributed by atoms with Crippen molar-refractivity contribution in [2.45, 2.75) is 0 Å². The van der Waals surface area contributed by atoms with E-state index in [9.17, 15) is 0 Å². The third-order valence-electron chi connectivity index (χ3n) is 11.5. The molecule has 272 valence electrons. The van der Waals surface area contributed by atoms with Gasteiger partial charge in [0.05, 0.1) is 10.4 Å². The first kappa shape index (κ1) is 34.0. The molecule has 0 aliphatic heterocycles. The van der Waals surface area contributed by atoms with E-state index in [2.05, 4.69) is 229 Å². The van der Waals surface area contributed by atoms with Gasteiger partial charge in [0, 0.05) is 26.8 Å². The molecule has 1 nitrogen and oxygen atoms in total. The number of anilines is 3. The van der Waals surface area contributed by atoms with Gasteiger partial charge in [0.2, 0.25) is 0 Å². The van der Waals surface area contributed by atoms with Crippen LogP contribution >= 0.6 is 11.3 Å². The first-order valence-corrected chi connectivity index (χ1v) is 20.7. The topological polar surface area (TPSA) is 3.24 Å². The summed E-state index contributed by atoms with van der Waals surface area (Å²) in [4.78, 5) is 2.45. The number of hydrogen-bond donors (Lipinski definition) is 0. The lowest BCUT2D eigenvalue weighted by molar-refractivity contribution is 1.30. The zero-order valence-corrected chi connectivity index (χ0v) is 32.5. The third kappa shape index (κ3) is 5.94. The summed E-state index contributed by atoms with van der Waals surface area (Å²) >= 11 is 1.90. The van der Waals surface area contributed by atoms with E-state index in [0.29, 0.717) is 0 Å². The molecule has 0 saturated carbocycles. The summed E-state index contributed by atoms with van der Waals surface area (Å²) in [6.07, 6.45) is 0. The number of hydrogen-bond acceptors (Lipinski definition) is 2. The van der Waals surface area contributed by atoms with E-state index >= 15 is 0 Å². The molecule has 58 heavy (non-hydrogen) atoms. The van der Waals surface area contributed by atoms with Crippen LogP contribution in [0.1, 0.15) is 0 Å². The van der Waals surface area contributed by atoms with E-state index < -0.39 is 0 Å². The minimum Gasteiger partial charge on any atom is -0.309 e. The molecule has 0 bridgehead atoms. The second-order valence-electron chi connectivity index (χ2n) is 14.9. The Morgan fingerprint density at radius 1 is 0.293 bits per heavy atom. The zero-order valence-electron chi connectivity index (χ0n) is 31.7. The Bertz CT molecular complexity index is 3250. The fourth-order valence-corrected chi connectivity index (χ4v) is 10.00. The lowest BCUT2D eigenvalue weighted by Crippen LogP contribution is -2.10. The zero-order chi connectivity index (χ0) is 38.4. The van der Waals surface area contributed by atoms with Crippen LogP contribution in [0.5, 0.6) is 0 Å². The normalized spacial score (nSPS) is 11.4. The second-order valence-corrected chi connectivity index (χ2v) is 15.9. The van der Waals surface area contributed by atoms with Gasteiger partial charge in [-0.1, -0.05) is 188 Å². The van der Waals surface area contributed by atoms with E-state index in [0.717, 1.165) is 17.1 Å². The summed E-state index contributed by atoms with van der Waals surface area (Å²) in [6, 6.07) is 81.9. The Kier molecular flexibility index (Phi) is 8.42. The first-order valence-electron chi connectivity index (χ1n) is 19.8. The van der Waals surface area contributed by atoms with Gasteiger partial charge in [-0.15, -0.1) is 11.3 Å². The monoisotopic (exact) mass is 755 g/mol. The lowest BCUT2D eigenvalue weighted by atomic mass is 9.96. The van der Waals surface area contributed by atoms with E-state index in [4.69, 9.17) is 0 Å². The van der Waals surface area contributed by atoms with Crippen molar-refractivity contribution >= 4 is 70.1 Å². The Morgan fingerprint density at radius 2 is 0.828 bits per heavy atom. The summed E-state index contributed by atoms with van der Waals surface area (Å²) in [5.74, 6) is 0. The highest BCUT2D eigenvalue weighted by Crippen LogP contribution is 2.50. The predicted octanol–water partition coefficient (Wildman–Crippen LogP) is 16.5. The largest absolute Gasteiger partial charge is 0.309 e. The summed E-state index contributed by atoms with van der Waals surface area (Å²) in [6.45, 7) is 0. The number of nitrogens with zero attached hydrogens (tertiary/aromatic N) is 1. The Morgan fingerprint density at radius 3 is 1.57 bits per heavy atom. The van der Waals surface area contributed by atoms with Gasteiger partial charge in [0.15, 0.2) is 0 Å². The molecule has 1 heterocycles. The molecule has 0 amide bonds. The van der Waals surface area contributed by atoms with Crippen LogP contribution in [0.25, 0.3) is 86.2 Å². The lowest BCUT2D eigenvalue weighted by Gasteiger charge is -2.27. The van der Waals surface area contributed by atoms with Crippen molar-refractivity contribution in [1.82, 2.24) is 0 Å². The van der Waals surface area contributed by atoms with Crippen molar-refractivity contribution in [2.75, 3.05) is 4.90 Å². The van der Waals surface area contributed by atoms with E-state index in [1.165, 1.54) is 86.2 Å². The summed E-state index contributed by atoms with van der Waals surface area (Å²) < 4.78 is 2.56. The predicted molar refractivity (Wildman–Crippen MR) is 251 cm³/mol.